The van der Waals surface area contributed by atoms with Crippen LogP contribution in [0.25, 0.3) is 0 Å². The standard InChI is InChI=1S/C25H27FN4O2S/c1-17-6-5-9-24-21(17)15-29(33(31,32)20-10-11-20)16-25(18-7-3-2-4-8-18)30(24)14-19-12-23(27)22(26)13-28-19/h2-9,12-13,20,25H,10-11,14-16H2,1H3,(H2,27,28). The molecule has 0 amide bonds. The van der Waals surface area contributed by atoms with Gasteiger partial charge in [0.15, 0.2) is 5.82 Å². The third-order valence-electron chi connectivity index (χ3n) is 6.55. The number of hydrogen-bond donors (Lipinski definition) is 1. The van der Waals surface area contributed by atoms with Crippen LogP contribution in [0.2, 0.25) is 0 Å². The zero-order chi connectivity index (χ0) is 23.2. The first-order chi connectivity index (χ1) is 15.8. The van der Waals surface area contributed by atoms with Crippen LogP contribution in [0.4, 0.5) is 15.8 Å². The van der Waals surface area contributed by atoms with Gasteiger partial charge in [0.2, 0.25) is 10.0 Å². The van der Waals surface area contributed by atoms with E-state index >= 15 is 0 Å². The Morgan fingerprint density at radius 3 is 2.58 bits per heavy atom. The topological polar surface area (TPSA) is 79.5 Å². The lowest BCUT2D eigenvalue weighted by atomic mass is 10.0. The number of nitrogen functional groups attached to an aromatic ring is 1. The van der Waals surface area contributed by atoms with E-state index < -0.39 is 15.8 Å². The predicted octanol–water partition coefficient (Wildman–Crippen LogP) is 4.17. The van der Waals surface area contributed by atoms with Gasteiger partial charge < -0.3 is 10.6 Å². The number of sulfonamides is 1. The molecule has 0 radical (unpaired) electrons. The molecular weight excluding hydrogens is 439 g/mol. The molecule has 1 fully saturated rings. The van der Waals surface area contributed by atoms with Gasteiger partial charge in [-0.3, -0.25) is 4.98 Å². The molecule has 1 aliphatic carbocycles. The molecule has 5 rings (SSSR count). The minimum absolute atomic E-state index is 0.0495. The summed E-state index contributed by atoms with van der Waals surface area (Å²) < 4.78 is 42.2. The maximum absolute atomic E-state index is 13.8. The SMILES string of the molecule is Cc1cccc2c1CN(S(=O)(=O)C1CC1)CC(c1ccccc1)N2Cc1cc(N)c(F)cn1. The van der Waals surface area contributed by atoms with Crippen molar-refractivity contribution in [1.82, 2.24) is 9.29 Å². The van der Waals surface area contributed by atoms with Crippen molar-refractivity contribution in [3.05, 3.63) is 89.0 Å². The number of fused-ring (bicyclic) bond motifs is 1. The van der Waals surface area contributed by atoms with Crippen LogP contribution in [0, 0.1) is 12.7 Å². The van der Waals surface area contributed by atoms with Gasteiger partial charge in [-0.2, -0.15) is 4.31 Å². The van der Waals surface area contributed by atoms with Crippen LogP contribution in [-0.2, 0) is 23.1 Å². The summed E-state index contributed by atoms with van der Waals surface area (Å²) in [5.41, 5.74) is 10.5. The summed E-state index contributed by atoms with van der Waals surface area (Å²) in [6, 6.07) is 17.2. The maximum atomic E-state index is 13.8. The average Bonchev–Trinajstić information content (AvgIpc) is 3.66. The Hall–Kier alpha value is -2.97. The summed E-state index contributed by atoms with van der Waals surface area (Å²) in [5.74, 6) is -0.549. The van der Waals surface area contributed by atoms with Gasteiger partial charge in [0.05, 0.1) is 35.4 Å². The number of aryl methyl sites for hydroxylation is 1. The van der Waals surface area contributed by atoms with Gasteiger partial charge in [-0.1, -0.05) is 42.5 Å². The van der Waals surface area contributed by atoms with Crippen molar-refractivity contribution in [3.63, 3.8) is 0 Å². The van der Waals surface area contributed by atoms with Gasteiger partial charge >= 0.3 is 0 Å². The molecule has 1 aliphatic heterocycles. The van der Waals surface area contributed by atoms with E-state index in [1.165, 1.54) is 0 Å². The van der Waals surface area contributed by atoms with Crippen molar-refractivity contribution in [2.24, 2.45) is 0 Å². The number of benzene rings is 2. The van der Waals surface area contributed by atoms with Gasteiger partial charge in [-0.25, -0.2) is 12.8 Å². The number of rotatable bonds is 5. The molecule has 8 heteroatoms. The number of anilines is 2. The van der Waals surface area contributed by atoms with E-state index in [2.05, 4.69) is 9.88 Å². The van der Waals surface area contributed by atoms with Crippen LogP contribution in [-0.4, -0.2) is 29.5 Å². The fraction of sp³-hybridized carbons (Fsp3) is 0.320. The quantitative estimate of drug-likeness (QED) is 0.611. The second kappa shape index (κ2) is 8.43. The molecular formula is C25H27FN4O2S. The Morgan fingerprint density at radius 2 is 1.88 bits per heavy atom. The molecule has 172 valence electrons. The highest BCUT2D eigenvalue weighted by atomic mass is 32.2. The first-order valence-corrected chi connectivity index (χ1v) is 12.6. The molecule has 2 heterocycles. The number of nitrogens with zero attached hydrogens (tertiary/aromatic N) is 3. The van der Waals surface area contributed by atoms with Crippen LogP contribution in [0.5, 0.6) is 0 Å². The van der Waals surface area contributed by atoms with Crippen molar-refractivity contribution in [2.75, 3.05) is 17.2 Å². The molecule has 2 N–H and O–H groups in total. The largest absolute Gasteiger partial charge is 0.396 e. The third kappa shape index (κ3) is 4.20. The van der Waals surface area contributed by atoms with Gasteiger partial charge in [-0.05, 0) is 48.6 Å². The maximum Gasteiger partial charge on any atom is 0.217 e. The van der Waals surface area contributed by atoms with Gasteiger partial charge in [0.1, 0.15) is 0 Å². The Labute approximate surface area is 193 Å². The van der Waals surface area contributed by atoms with Crippen LogP contribution >= 0.6 is 0 Å². The fourth-order valence-corrected chi connectivity index (χ4v) is 6.36. The van der Waals surface area contributed by atoms with Crippen LogP contribution in [0.1, 0.15) is 41.3 Å². The normalized spacial score (nSPS) is 19.2. The van der Waals surface area contributed by atoms with Crippen molar-refractivity contribution in [2.45, 2.75) is 44.1 Å². The van der Waals surface area contributed by atoms with E-state index in [-0.39, 0.29) is 17.0 Å². The van der Waals surface area contributed by atoms with E-state index in [0.29, 0.717) is 25.3 Å². The fourth-order valence-electron chi connectivity index (χ4n) is 4.55. The molecule has 1 saturated carbocycles. The van der Waals surface area contributed by atoms with Gasteiger partial charge in [0.25, 0.3) is 0 Å². The van der Waals surface area contributed by atoms with E-state index in [4.69, 9.17) is 5.73 Å². The zero-order valence-electron chi connectivity index (χ0n) is 18.5. The molecule has 1 unspecified atom stereocenters. The highest BCUT2D eigenvalue weighted by Gasteiger charge is 2.43. The van der Waals surface area contributed by atoms with E-state index in [0.717, 1.165) is 41.4 Å². The van der Waals surface area contributed by atoms with Crippen LogP contribution < -0.4 is 10.6 Å². The summed E-state index contributed by atoms with van der Waals surface area (Å²) in [6.07, 6.45) is 2.58. The first-order valence-electron chi connectivity index (χ1n) is 11.1. The molecule has 2 aromatic carbocycles. The Balaban J connectivity index is 1.65. The second-order valence-electron chi connectivity index (χ2n) is 8.86. The lowest BCUT2D eigenvalue weighted by molar-refractivity contribution is 0.381. The smallest absolute Gasteiger partial charge is 0.217 e. The molecule has 1 aromatic heterocycles. The molecule has 0 spiro atoms. The van der Waals surface area contributed by atoms with E-state index in [1.807, 2.05) is 55.5 Å². The van der Waals surface area contributed by atoms with E-state index in [9.17, 15) is 12.8 Å². The molecule has 0 bridgehead atoms. The molecule has 6 nitrogen and oxygen atoms in total. The number of nitrogens with two attached hydrogens (primary N) is 1. The monoisotopic (exact) mass is 466 g/mol. The summed E-state index contributed by atoms with van der Waals surface area (Å²) in [4.78, 5) is 6.45. The van der Waals surface area contributed by atoms with Gasteiger partial charge in [0, 0.05) is 18.8 Å². The molecule has 0 saturated heterocycles. The Bertz CT molecular complexity index is 1280. The number of halogens is 1. The van der Waals surface area contributed by atoms with Crippen molar-refractivity contribution >= 4 is 21.4 Å². The first kappa shape index (κ1) is 21.9. The minimum atomic E-state index is -3.40. The number of hydrogen-bond acceptors (Lipinski definition) is 5. The second-order valence-corrected chi connectivity index (χ2v) is 11.1. The Morgan fingerprint density at radius 1 is 1.12 bits per heavy atom. The summed E-state index contributed by atoms with van der Waals surface area (Å²) >= 11 is 0. The Kier molecular flexibility index (Phi) is 5.58. The van der Waals surface area contributed by atoms with Crippen molar-refractivity contribution < 1.29 is 12.8 Å². The summed E-state index contributed by atoms with van der Waals surface area (Å²) in [5, 5.41) is -0.286. The van der Waals surface area contributed by atoms with Crippen molar-refractivity contribution in [1.29, 1.82) is 0 Å². The summed E-state index contributed by atoms with van der Waals surface area (Å²) in [7, 11) is -3.40. The summed E-state index contributed by atoms with van der Waals surface area (Å²) in [6.45, 7) is 3.04. The predicted molar refractivity (Wildman–Crippen MR) is 128 cm³/mol. The lowest BCUT2D eigenvalue weighted by Gasteiger charge is -2.34. The number of aromatic nitrogens is 1. The van der Waals surface area contributed by atoms with Gasteiger partial charge in [-0.15, -0.1) is 0 Å². The van der Waals surface area contributed by atoms with Crippen LogP contribution in [0.15, 0.2) is 60.8 Å². The van der Waals surface area contributed by atoms with E-state index in [1.54, 1.807) is 10.4 Å². The van der Waals surface area contributed by atoms with Crippen molar-refractivity contribution in [3.8, 4) is 0 Å². The molecule has 33 heavy (non-hydrogen) atoms. The molecule has 3 aromatic rings. The minimum Gasteiger partial charge on any atom is -0.396 e. The highest BCUT2D eigenvalue weighted by Crippen LogP contribution is 2.41. The van der Waals surface area contributed by atoms with Crippen LogP contribution in [0.3, 0.4) is 0 Å². The number of pyridine rings is 1. The lowest BCUT2D eigenvalue weighted by Crippen LogP contribution is -2.39. The molecule has 2 aliphatic rings. The highest BCUT2D eigenvalue weighted by molar-refractivity contribution is 7.90. The average molecular weight is 467 g/mol. The third-order valence-corrected chi connectivity index (χ3v) is 8.86. The zero-order valence-corrected chi connectivity index (χ0v) is 19.3. The molecule has 1 atom stereocenters.